The van der Waals surface area contributed by atoms with Crippen LogP contribution in [0.2, 0.25) is 0 Å². The Hall–Kier alpha value is -5.93. The largest absolute Gasteiger partial charge is 0.419 e. The van der Waals surface area contributed by atoms with Crippen LogP contribution in [0, 0.1) is 41.5 Å². The van der Waals surface area contributed by atoms with Crippen molar-refractivity contribution in [1.29, 1.82) is 10.5 Å². The molecule has 0 fully saturated rings. The molecule has 4 nitrogen and oxygen atoms in total. The minimum atomic E-state index is -4.86. The number of nitrogens with zero attached hydrogens (tertiary/aromatic N) is 4. The Labute approximate surface area is 251 Å². The number of hydrogen-bond donors (Lipinski definition) is 0. The topological polar surface area (TPSA) is 72.3 Å². The molecule has 0 N–H and O–H groups in total. The molecular formula is C36H17F5N4. The molecular weight excluding hydrogens is 583 g/mol. The Bertz CT molecular complexity index is 2590. The van der Waals surface area contributed by atoms with Crippen molar-refractivity contribution in [3.05, 3.63) is 118 Å². The van der Waals surface area contributed by atoms with Gasteiger partial charge in [-0.05, 0) is 105 Å². The summed E-state index contributed by atoms with van der Waals surface area (Å²) < 4.78 is 68.1. The molecule has 9 heteroatoms. The van der Waals surface area contributed by atoms with Crippen molar-refractivity contribution in [1.82, 2.24) is 0 Å². The monoisotopic (exact) mass is 600 g/mol. The van der Waals surface area contributed by atoms with E-state index in [0.29, 0.717) is 43.4 Å². The first kappa shape index (κ1) is 27.9. The quantitative estimate of drug-likeness (QED) is 0.147. The van der Waals surface area contributed by atoms with Crippen molar-refractivity contribution in [3.8, 4) is 34.6 Å². The van der Waals surface area contributed by atoms with Crippen LogP contribution in [0.1, 0.15) is 11.1 Å². The maximum Gasteiger partial charge on any atom is 0.419 e. The number of halogens is 5. The summed E-state index contributed by atoms with van der Waals surface area (Å²) in [6.07, 6.45) is -1.16. The van der Waals surface area contributed by atoms with Gasteiger partial charge in [-0.25, -0.2) is 8.78 Å². The first-order chi connectivity index (χ1) is 21.6. The fourth-order valence-electron chi connectivity index (χ4n) is 6.12. The van der Waals surface area contributed by atoms with Gasteiger partial charge in [-0.15, -0.1) is 0 Å². The molecule has 0 saturated heterocycles. The Balaban J connectivity index is 1.50. The minimum absolute atomic E-state index is 0.158. The van der Waals surface area contributed by atoms with Gasteiger partial charge in [0.2, 0.25) is 12.4 Å². The lowest BCUT2D eigenvalue weighted by molar-refractivity contribution is -0.139. The second kappa shape index (κ2) is 10.1. The third kappa shape index (κ3) is 4.40. The van der Waals surface area contributed by atoms with Gasteiger partial charge in [0.15, 0.2) is 0 Å². The van der Waals surface area contributed by atoms with Crippen molar-refractivity contribution in [2.24, 2.45) is 9.98 Å². The first-order valence-corrected chi connectivity index (χ1v) is 13.6. The predicted octanol–water partition coefficient (Wildman–Crippen LogP) is 8.88. The van der Waals surface area contributed by atoms with E-state index in [1.54, 1.807) is 37.3 Å². The summed E-state index contributed by atoms with van der Waals surface area (Å²) in [5, 5.41) is 25.5. The van der Waals surface area contributed by atoms with Crippen LogP contribution < -0.4 is 10.7 Å². The van der Waals surface area contributed by atoms with Gasteiger partial charge in [-0.1, -0.05) is 36.4 Å². The highest BCUT2D eigenvalue weighted by atomic mass is 19.4. The minimum Gasteiger partial charge on any atom is -0.207 e. The predicted molar refractivity (Wildman–Crippen MR) is 162 cm³/mol. The van der Waals surface area contributed by atoms with E-state index in [2.05, 4.69) is 9.98 Å². The number of fused-ring (bicyclic) bond motifs is 6. The molecule has 0 aromatic heterocycles. The van der Waals surface area contributed by atoms with E-state index in [1.807, 2.05) is 42.7 Å². The summed E-state index contributed by atoms with van der Waals surface area (Å²) in [5.74, 6) is -1.67. The third-order valence-corrected chi connectivity index (χ3v) is 8.22. The molecule has 7 aromatic rings. The van der Waals surface area contributed by atoms with Crippen LogP contribution in [0.4, 0.5) is 22.0 Å². The number of alkyl halides is 3. The molecule has 0 spiro atoms. The number of nitriles is 2. The van der Waals surface area contributed by atoms with E-state index < -0.39 is 17.6 Å². The molecule has 0 aliphatic heterocycles. The zero-order valence-electron chi connectivity index (χ0n) is 23.3. The summed E-state index contributed by atoms with van der Waals surface area (Å²) in [7, 11) is 0. The summed E-state index contributed by atoms with van der Waals surface area (Å²) in [6, 6.07) is 22.2. The van der Waals surface area contributed by atoms with Gasteiger partial charge < -0.3 is 0 Å². The molecule has 0 radical (unpaired) electrons. The van der Waals surface area contributed by atoms with Gasteiger partial charge in [0.25, 0.3) is 0 Å². The van der Waals surface area contributed by atoms with Crippen molar-refractivity contribution < 1.29 is 22.0 Å². The van der Waals surface area contributed by atoms with Gasteiger partial charge in [-0.3, -0.25) is 0 Å². The van der Waals surface area contributed by atoms with Gasteiger partial charge >= 0.3 is 6.18 Å². The van der Waals surface area contributed by atoms with E-state index in [0.717, 1.165) is 44.8 Å². The second-order valence-electron chi connectivity index (χ2n) is 10.7. The molecule has 7 rings (SSSR count). The fourth-order valence-corrected chi connectivity index (χ4v) is 6.12. The van der Waals surface area contributed by atoms with Gasteiger partial charge in [0, 0.05) is 21.5 Å². The highest BCUT2D eigenvalue weighted by Gasteiger charge is 2.34. The van der Waals surface area contributed by atoms with Crippen LogP contribution in [0.5, 0.6) is 0 Å². The van der Waals surface area contributed by atoms with Gasteiger partial charge in [0.1, 0.15) is 11.6 Å². The Morgan fingerprint density at radius 1 is 0.511 bits per heavy atom. The normalized spacial score (nSPS) is 12.9. The van der Waals surface area contributed by atoms with Crippen LogP contribution in [-0.4, -0.2) is 0 Å². The Kier molecular flexibility index (Phi) is 6.24. The van der Waals surface area contributed by atoms with Crippen LogP contribution in [0.25, 0.3) is 65.3 Å². The summed E-state index contributed by atoms with van der Waals surface area (Å²) in [6.45, 7) is 1.69. The van der Waals surface area contributed by atoms with Crippen LogP contribution in [0.15, 0.2) is 94.9 Å². The molecule has 0 unspecified atom stereocenters. The van der Waals surface area contributed by atoms with Gasteiger partial charge in [-0.2, -0.15) is 33.7 Å². The van der Waals surface area contributed by atoms with Crippen LogP contribution in [-0.2, 0) is 6.18 Å². The average Bonchev–Trinajstić information content (AvgIpc) is 3.48. The number of benzene rings is 5. The molecule has 0 atom stereocenters. The smallest absolute Gasteiger partial charge is 0.207 e. The summed E-state index contributed by atoms with van der Waals surface area (Å²) in [4.78, 5) is 8.22. The molecule has 7 aromatic carbocycles. The van der Waals surface area contributed by atoms with Crippen LogP contribution in [0.3, 0.4) is 0 Å². The fraction of sp³-hybridized carbons (Fsp3) is 0.0556. The van der Waals surface area contributed by atoms with E-state index in [9.17, 15) is 32.5 Å². The van der Waals surface area contributed by atoms with E-state index >= 15 is 0 Å². The average molecular weight is 601 g/mol. The molecule has 0 bridgehead atoms. The lowest BCUT2D eigenvalue weighted by atomic mass is 10.00. The van der Waals surface area contributed by atoms with Crippen LogP contribution >= 0.6 is 0 Å². The Morgan fingerprint density at radius 3 is 1.42 bits per heavy atom. The summed E-state index contributed by atoms with van der Waals surface area (Å²) in [5.41, 5.74) is 1.32. The number of aryl methyl sites for hydroxylation is 1. The van der Waals surface area contributed by atoms with Crippen molar-refractivity contribution in [2.45, 2.75) is 13.1 Å². The molecule has 0 aliphatic carbocycles. The Morgan fingerprint density at radius 2 is 0.933 bits per heavy atom. The highest BCUT2D eigenvalue weighted by Crippen LogP contribution is 2.37. The molecule has 0 aliphatic rings. The van der Waals surface area contributed by atoms with E-state index in [-0.39, 0.29) is 11.4 Å². The van der Waals surface area contributed by atoms with E-state index in [1.165, 1.54) is 12.1 Å². The molecule has 216 valence electrons. The number of hydrogen-bond acceptors (Lipinski definition) is 4. The maximum atomic E-state index is 14.0. The lowest BCUT2D eigenvalue weighted by Crippen LogP contribution is -2.08. The maximum absolute atomic E-state index is 14.0. The zero-order valence-corrected chi connectivity index (χ0v) is 23.3. The van der Waals surface area contributed by atoms with Crippen molar-refractivity contribution in [2.75, 3.05) is 0 Å². The second-order valence-corrected chi connectivity index (χ2v) is 10.7. The highest BCUT2D eigenvalue weighted by molar-refractivity contribution is 6.21. The van der Waals surface area contributed by atoms with Crippen molar-refractivity contribution >= 4 is 43.1 Å². The SMILES string of the molecule is Cc1cc(-c2ccc3c(c2)/c(=N\C#N)c2cc4/c(=N\C#N)c5cc(-c6ccc(F)c(C(F)(F)F)c6)ccc5c4cc23)ccc1F. The molecule has 0 heterocycles. The standard InChI is InChI=1S/C36H17F5N4/c1-18-10-19(4-8-32(18)37)20-2-6-23-25-14-26-24-7-3-21(22-5-9-33(38)31(13-22)36(39,40)41)12-28(24)35(45-17-43)30(26)15-29(25)34(44-16-42)27(23)11-20/h2-15H,1H3/b44-34+,45-35-. The van der Waals surface area contributed by atoms with Gasteiger partial charge in [0.05, 0.1) is 16.3 Å². The number of rotatable bonds is 2. The molecule has 45 heavy (non-hydrogen) atoms. The molecule has 0 amide bonds. The zero-order chi connectivity index (χ0) is 31.6. The molecule has 0 saturated carbocycles. The van der Waals surface area contributed by atoms with Crippen molar-refractivity contribution in [3.63, 3.8) is 0 Å². The lowest BCUT2D eigenvalue weighted by Gasteiger charge is -2.10. The first-order valence-electron chi connectivity index (χ1n) is 13.6. The summed E-state index contributed by atoms with van der Waals surface area (Å²) >= 11 is 0. The van der Waals surface area contributed by atoms with E-state index in [4.69, 9.17) is 0 Å². The third-order valence-electron chi connectivity index (χ3n) is 8.22.